The van der Waals surface area contributed by atoms with Gasteiger partial charge in [-0.25, -0.2) is 26.2 Å². The Bertz CT molecular complexity index is 1430. The van der Waals surface area contributed by atoms with E-state index in [1.54, 1.807) is 29.1 Å². The van der Waals surface area contributed by atoms with Crippen LogP contribution in [0.25, 0.3) is 0 Å². The number of morpholine rings is 1. The van der Waals surface area contributed by atoms with E-state index in [9.17, 15) is 21.6 Å². The molecule has 3 aromatic rings. The van der Waals surface area contributed by atoms with E-state index in [0.717, 1.165) is 0 Å². The summed E-state index contributed by atoms with van der Waals surface area (Å²) < 4.78 is 61.2. The van der Waals surface area contributed by atoms with Crippen molar-refractivity contribution in [2.45, 2.75) is 11.4 Å². The number of pyridine rings is 1. The Morgan fingerprint density at radius 2 is 1.57 bits per heavy atom. The number of carbonyl (C=O) groups excluding carboxylic acids is 1. The summed E-state index contributed by atoms with van der Waals surface area (Å²) >= 11 is 5.96. The van der Waals surface area contributed by atoms with Crippen molar-refractivity contribution in [1.29, 1.82) is 0 Å². The molecule has 1 fully saturated rings. The zero-order valence-electron chi connectivity index (χ0n) is 19.7. The van der Waals surface area contributed by atoms with Gasteiger partial charge in [0.2, 0.25) is 20.0 Å². The van der Waals surface area contributed by atoms with Crippen molar-refractivity contribution in [3.8, 4) is 0 Å². The first-order valence-corrected chi connectivity index (χ1v) is 14.8. The molecule has 1 aromatic heterocycles. The Balaban J connectivity index is 1.54. The van der Waals surface area contributed by atoms with Gasteiger partial charge in [0.1, 0.15) is 5.75 Å². The van der Waals surface area contributed by atoms with Gasteiger partial charge in [-0.15, -0.1) is 0 Å². The highest BCUT2D eigenvalue weighted by Crippen LogP contribution is 2.24. The molecule has 13 heteroatoms. The molecule has 0 atom stereocenters. The average molecular weight is 566 g/mol. The fraction of sp³-hybridized carbons (Fsp3) is 0.250. The lowest BCUT2D eigenvalue weighted by molar-refractivity contribution is -0.692. The molecule has 0 bridgehead atoms. The number of hydrogen-bond donors (Lipinski definition) is 1. The molecule has 2 heterocycles. The summed E-state index contributed by atoms with van der Waals surface area (Å²) in [6.07, 6.45) is 3.46. The van der Waals surface area contributed by atoms with E-state index in [2.05, 4.69) is 5.32 Å². The number of carbonyl (C=O) groups is 1. The maximum Gasteiger partial charge on any atom is 0.340 e. The Morgan fingerprint density at radius 3 is 2.19 bits per heavy atom. The van der Waals surface area contributed by atoms with Crippen LogP contribution in [0, 0.1) is 0 Å². The van der Waals surface area contributed by atoms with Gasteiger partial charge in [-0.05, 0) is 48.5 Å². The number of urea groups is 1. The van der Waals surface area contributed by atoms with E-state index < -0.39 is 26.1 Å². The predicted octanol–water partition coefficient (Wildman–Crippen LogP) is 2.72. The fourth-order valence-corrected chi connectivity index (χ4v) is 6.60. The number of nitrogens with zero attached hydrogens (tertiary/aromatic N) is 3. The zero-order valence-corrected chi connectivity index (χ0v) is 22.1. The molecule has 0 unspecified atom stereocenters. The lowest BCUT2D eigenvalue weighted by Gasteiger charge is -2.26. The molecule has 1 saturated heterocycles. The van der Waals surface area contributed by atoms with Gasteiger partial charge in [0, 0.05) is 35.9 Å². The molecule has 10 nitrogen and oxygen atoms in total. The molecule has 1 aliphatic heterocycles. The molecule has 0 saturated carbocycles. The third-order valence-electron chi connectivity index (χ3n) is 5.62. The van der Waals surface area contributed by atoms with E-state index in [1.807, 2.05) is 6.07 Å². The van der Waals surface area contributed by atoms with Crippen LogP contribution < -0.4 is 14.2 Å². The van der Waals surface area contributed by atoms with Crippen LogP contribution in [0.1, 0.15) is 0 Å². The highest BCUT2D eigenvalue weighted by molar-refractivity contribution is 7.93. The minimum Gasteiger partial charge on any atom is -0.379 e. The molecule has 4 rings (SSSR count). The Labute approximate surface area is 221 Å². The van der Waals surface area contributed by atoms with Crippen LogP contribution in [-0.2, 0) is 31.3 Å². The first-order chi connectivity index (χ1) is 17.7. The molecule has 196 valence electrons. The standard InChI is InChI=1S/C24H25ClN4O6S2/c25-20-4-8-22(9-5-20)29(36(31,32)19-16-27-12-2-1-3-13-27)24(30)26-21-6-10-23(11-7-21)37(33,34)28-14-17-35-18-15-28/h1-13H,14-19H2/p+1. The van der Waals surface area contributed by atoms with E-state index in [1.165, 1.54) is 52.8 Å². The largest absolute Gasteiger partial charge is 0.379 e. The second kappa shape index (κ2) is 11.6. The van der Waals surface area contributed by atoms with Crippen molar-refractivity contribution in [2.24, 2.45) is 0 Å². The molecule has 2 aromatic carbocycles. The molecule has 1 aliphatic rings. The third kappa shape index (κ3) is 6.65. The molecule has 1 N–H and O–H groups in total. The summed E-state index contributed by atoms with van der Waals surface area (Å²) in [6.45, 7) is 1.30. The van der Waals surface area contributed by atoms with Crippen molar-refractivity contribution in [2.75, 3.05) is 41.7 Å². The lowest BCUT2D eigenvalue weighted by Crippen LogP contribution is -2.45. The van der Waals surface area contributed by atoms with Crippen molar-refractivity contribution >= 4 is 49.1 Å². The lowest BCUT2D eigenvalue weighted by atomic mass is 10.3. The van der Waals surface area contributed by atoms with E-state index in [4.69, 9.17) is 16.3 Å². The second-order valence-corrected chi connectivity index (χ2v) is 12.5. The summed E-state index contributed by atoms with van der Waals surface area (Å²) in [6, 6.07) is 15.9. The van der Waals surface area contributed by atoms with Crippen LogP contribution in [-0.4, -0.2) is 59.2 Å². The van der Waals surface area contributed by atoms with Gasteiger partial charge in [0.05, 0.1) is 23.8 Å². The molecule has 0 spiro atoms. The number of sulfonamides is 2. The highest BCUT2D eigenvalue weighted by Gasteiger charge is 2.31. The van der Waals surface area contributed by atoms with Gasteiger partial charge in [0.15, 0.2) is 18.9 Å². The molecule has 0 aliphatic carbocycles. The topological polar surface area (TPSA) is 117 Å². The number of hydrogen-bond acceptors (Lipinski definition) is 6. The number of rotatable bonds is 8. The molecular formula is C24H26ClN4O6S2+. The molecule has 37 heavy (non-hydrogen) atoms. The van der Waals surface area contributed by atoms with Crippen LogP contribution in [0.4, 0.5) is 16.2 Å². The molecular weight excluding hydrogens is 540 g/mol. The van der Waals surface area contributed by atoms with Gasteiger partial charge in [-0.2, -0.15) is 8.61 Å². The first kappa shape index (κ1) is 27.0. The predicted molar refractivity (Wildman–Crippen MR) is 139 cm³/mol. The SMILES string of the molecule is O=C(Nc1ccc(S(=O)(=O)N2CCOCC2)cc1)N(c1ccc(Cl)cc1)S(=O)(=O)CC[n+]1ccccc1. The molecule has 2 amide bonds. The van der Waals surface area contributed by atoms with Gasteiger partial charge >= 0.3 is 6.03 Å². The number of aryl methyl sites for hydroxylation is 1. The van der Waals surface area contributed by atoms with Gasteiger partial charge in [-0.1, -0.05) is 17.7 Å². The van der Waals surface area contributed by atoms with Crippen molar-refractivity contribution in [1.82, 2.24) is 4.31 Å². The van der Waals surface area contributed by atoms with Crippen molar-refractivity contribution in [3.63, 3.8) is 0 Å². The van der Waals surface area contributed by atoms with Gasteiger partial charge in [-0.3, -0.25) is 0 Å². The van der Waals surface area contributed by atoms with Crippen LogP contribution >= 0.6 is 11.6 Å². The highest BCUT2D eigenvalue weighted by atomic mass is 35.5. The Morgan fingerprint density at radius 1 is 0.946 bits per heavy atom. The summed E-state index contributed by atoms with van der Waals surface area (Å²) in [4.78, 5) is 13.3. The van der Waals surface area contributed by atoms with E-state index in [0.29, 0.717) is 22.5 Å². The number of ether oxygens (including phenoxy) is 1. The van der Waals surface area contributed by atoms with Gasteiger partial charge in [0.25, 0.3) is 0 Å². The molecule has 0 radical (unpaired) electrons. The van der Waals surface area contributed by atoms with Crippen molar-refractivity contribution < 1.29 is 30.9 Å². The summed E-state index contributed by atoms with van der Waals surface area (Å²) in [7, 11) is -7.82. The van der Waals surface area contributed by atoms with Crippen LogP contribution in [0.3, 0.4) is 0 Å². The minimum atomic E-state index is -4.11. The van der Waals surface area contributed by atoms with Crippen molar-refractivity contribution in [3.05, 3.63) is 84.1 Å². The maximum absolute atomic E-state index is 13.3. The summed E-state index contributed by atoms with van der Waals surface area (Å²) in [5, 5.41) is 2.94. The van der Waals surface area contributed by atoms with E-state index in [-0.39, 0.29) is 41.7 Å². The van der Waals surface area contributed by atoms with E-state index >= 15 is 0 Å². The average Bonchev–Trinajstić information content (AvgIpc) is 2.90. The second-order valence-electron chi connectivity index (χ2n) is 8.14. The van der Waals surface area contributed by atoms with Crippen LogP contribution in [0.2, 0.25) is 5.02 Å². The normalized spacial score (nSPS) is 14.7. The number of benzene rings is 2. The number of amides is 2. The monoisotopic (exact) mass is 565 g/mol. The third-order valence-corrected chi connectivity index (χ3v) is 9.42. The van der Waals surface area contributed by atoms with Gasteiger partial charge < -0.3 is 10.1 Å². The Kier molecular flexibility index (Phi) is 8.45. The number of halogens is 1. The van der Waals surface area contributed by atoms with Crippen LogP contribution in [0.5, 0.6) is 0 Å². The zero-order chi connectivity index (χ0) is 26.5. The smallest absolute Gasteiger partial charge is 0.340 e. The number of anilines is 2. The maximum atomic E-state index is 13.3. The number of aromatic nitrogens is 1. The van der Waals surface area contributed by atoms with Crippen LogP contribution in [0.15, 0.2) is 84.0 Å². The quantitative estimate of drug-likeness (QED) is 0.420. The minimum absolute atomic E-state index is 0.0643. The first-order valence-electron chi connectivity index (χ1n) is 11.4. The summed E-state index contributed by atoms with van der Waals surface area (Å²) in [5.74, 6) is -0.339. The number of nitrogens with one attached hydrogen (secondary N) is 1. The summed E-state index contributed by atoms with van der Waals surface area (Å²) in [5.41, 5.74) is 0.351. The fourth-order valence-electron chi connectivity index (χ4n) is 3.70. The Hall–Kier alpha value is -3.03.